The van der Waals surface area contributed by atoms with Gasteiger partial charge in [0.2, 0.25) is 5.91 Å². The molecule has 1 aliphatic carbocycles. The molecular weight excluding hydrogens is 406 g/mol. The molecule has 1 N–H and O–H groups in total. The number of benzene rings is 2. The van der Waals surface area contributed by atoms with Crippen molar-refractivity contribution in [3.8, 4) is 5.75 Å². The Balaban J connectivity index is 2.12. The second-order valence-corrected chi connectivity index (χ2v) is 9.73. The first-order chi connectivity index (χ1) is 14.0. The average molecular weight is 429 g/mol. The molecule has 0 fully saturated rings. The molecule has 2 atom stereocenters. The molecule has 3 rings (SSSR count). The molecule has 2 aromatic carbocycles. The number of hydrogen-bond acceptors (Lipinski definition) is 6. The van der Waals surface area contributed by atoms with Crippen molar-refractivity contribution in [1.82, 2.24) is 0 Å². The lowest BCUT2D eigenvalue weighted by atomic mass is 9.83. The summed E-state index contributed by atoms with van der Waals surface area (Å²) in [5, 5.41) is 2.58. The number of fused-ring (bicyclic) bond motifs is 1. The summed E-state index contributed by atoms with van der Waals surface area (Å²) < 4.78 is 29.6. The topological polar surface area (TPSA) is 107 Å². The summed E-state index contributed by atoms with van der Waals surface area (Å²) in [5.41, 5.74) is 1.92. The van der Waals surface area contributed by atoms with Crippen molar-refractivity contribution in [3.63, 3.8) is 0 Å². The summed E-state index contributed by atoms with van der Waals surface area (Å²) >= 11 is 0. The van der Waals surface area contributed by atoms with Gasteiger partial charge >= 0.3 is 0 Å². The van der Waals surface area contributed by atoms with Gasteiger partial charge in [0, 0.05) is 24.7 Å². The number of hydrogen-bond donors (Lipinski definition) is 1. The van der Waals surface area contributed by atoms with Crippen molar-refractivity contribution >= 4 is 33.0 Å². The van der Waals surface area contributed by atoms with Crippen LogP contribution in [0.25, 0.3) is 0 Å². The molecule has 7 nitrogen and oxygen atoms in total. The Hall–Kier alpha value is -3.00. The fourth-order valence-corrected chi connectivity index (χ4v) is 5.01. The molecule has 2 aromatic rings. The van der Waals surface area contributed by atoms with Gasteiger partial charge in [-0.15, -0.1) is 0 Å². The highest BCUT2D eigenvalue weighted by Crippen LogP contribution is 2.41. The van der Waals surface area contributed by atoms with Crippen molar-refractivity contribution in [2.45, 2.75) is 19.8 Å². The molecule has 1 unspecified atom stereocenters. The first kappa shape index (κ1) is 21.7. The summed E-state index contributed by atoms with van der Waals surface area (Å²) in [7, 11) is -1.98. The molecule has 0 radical (unpaired) electrons. The summed E-state index contributed by atoms with van der Waals surface area (Å²) in [6, 6.07) is 9.78. The monoisotopic (exact) mass is 429 g/mol. The number of sulfone groups is 1. The molecule has 158 valence electrons. The van der Waals surface area contributed by atoms with E-state index in [-0.39, 0.29) is 28.5 Å². The molecule has 0 spiro atoms. The van der Waals surface area contributed by atoms with Crippen molar-refractivity contribution in [2.24, 2.45) is 5.92 Å². The van der Waals surface area contributed by atoms with E-state index in [4.69, 9.17) is 4.74 Å². The SMILES string of the molecule is COc1ccc([C@H](CS(C)(=O)=O)C2C(=O)c3cccc(NC(C)=O)c3C2=O)cc1C. The van der Waals surface area contributed by atoms with E-state index < -0.39 is 33.2 Å². The fraction of sp³-hybridized carbons (Fsp3) is 0.318. The minimum Gasteiger partial charge on any atom is -0.496 e. The van der Waals surface area contributed by atoms with Gasteiger partial charge in [0.15, 0.2) is 11.6 Å². The first-order valence-electron chi connectivity index (χ1n) is 9.34. The van der Waals surface area contributed by atoms with Gasteiger partial charge in [0.05, 0.1) is 30.0 Å². The summed E-state index contributed by atoms with van der Waals surface area (Å²) in [6.07, 6.45) is 1.08. The number of amides is 1. The zero-order chi connectivity index (χ0) is 22.2. The minimum absolute atomic E-state index is 0.131. The Morgan fingerprint density at radius 3 is 2.43 bits per heavy atom. The van der Waals surface area contributed by atoms with Gasteiger partial charge in [-0.3, -0.25) is 14.4 Å². The third kappa shape index (κ3) is 4.14. The van der Waals surface area contributed by atoms with Crippen LogP contribution in [0.1, 0.15) is 44.7 Å². The number of carbonyl (C=O) groups excluding carboxylic acids is 3. The standard InChI is InChI=1S/C22H23NO6S/c1-12-10-14(8-9-18(12)29-3)16(11-30(4,27)28)20-21(25)15-6-5-7-17(23-13(2)24)19(15)22(20)26/h5-10,16,20H,11H2,1-4H3,(H,23,24)/t16-,20?/m0/s1. The van der Waals surface area contributed by atoms with Crippen LogP contribution >= 0.6 is 0 Å². The van der Waals surface area contributed by atoms with E-state index in [1.54, 1.807) is 30.3 Å². The van der Waals surface area contributed by atoms with Crippen LogP contribution in [0.15, 0.2) is 36.4 Å². The number of ether oxygens (including phenoxy) is 1. The summed E-state index contributed by atoms with van der Waals surface area (Å²) in [6.45, 7) is 3.12. The van der Waals surface area contributed by atoms with E-state index in [0.717, 1.165) is 11.8 Å². The van der Waals surface area contributed by atoms with Crippen LogP contribution in [0, 0.1) is 12.8 Å². The quantitative estimate of drug-likeness (QED) is 0.708. The first-order valence-corrected chi connectivity index (χ1v) is 11.4. The third-order valence-corrected chi connectivity index (χ3v) is 6.15. The predicted octanol–water partition coefficient (Wildman–Crippen LogP) is 2.79. The van der Waals surface area contributed by atoms with Crippen LogP contribution in [-0.2, 0) is 14.6 Å². The maximum atomic E-state index is 13.3. The van der Waals surface area contributed by atoms with Crippen molar-refractivity contribution in [2.75, 3.05) is 24.4 Å². The molecular formula is C22H23NO6S. The van der Waals surface area contributed by atoms with E-state index >= 15 is 0 Å². The van der Waals surface area contributed by atoms with Gasteiger partial charge in [0.25, 0.3) is 0 Å². The maximum absolute atomic E-state index is 13.3. The van der Waals surface area contributed by atoms with Gasteiger partial charge in [-0.05, 0) is 30.2 Å². The van der Waals surface area contributed by atoms with E-state index in [0.29, 0.717) is 11.3 Å². The molecule has 0 bridgehead atoms. The second-order valence-electron chi connectivity index (χ2n) is 7.54. The largest absolute Gasteiger partial charge is 0.496 e. The van der Waals surface area contributed by atoms with E-state index in [1.165, 1.54) is 20.1 Å². The van der Waals surface area contributed by atoms with Crippen LogP contribution in [0.5, 0.6) is 5.75 Å². The Morgan fingerprint density at radius 2 is 1.87 bits per heavy atom. The van der Waals surface area contributed by atoms with Gasteiger partial charge < -0.3 is 10.1 Å². The van der Waals surface area contributed by atoms with Crippen LogP contribution in [-0.4, -0.2) is 45.0 Å². The van der Waals surface area contributed by atoms with Crippen LogP contribution in [0.4, 0.5) is 5.69 Å². The van der Waals surface area contributed by atoms with Crippen molar-refractivity contribution in [1.29, 1.82) is 0 Å². The molecule has 8 heteroatoms. The normalized spacial score (nSPS) is 16.9. The van der Waals surface area contributed by atoms with Crippen LogP contribution in [0.2, 0.25) is 0 Å². The van der Waals surface area contributed by atoms with Gasteiger partial charge in [-0.2, -0.15) is 0 Å². The average Bonchev–Trinajstić information content (AvgIpc) is 2.90. The number of rotatable bonds is 6. The van der Waals surface area contributed by atoms with Crippen LogP contribution in [0.3, 0.4) is 0 Å². The highest BCUT2D eigenvalue weighted by atomic mass is 32.2. The number of carbonyl (C=O) groups is 3. The lowest BCUT2D eigenvalue weighted by Crippen LogP contribution is -2.29. The Morgan fingerprint density at radius 1 is 1.17 bits per heavy atom. The summed E-state index contributed by atoms with van der Waals surface area (Å²) in [5.74, 6) is -3.07. The number of methoxy groups -OCH3 is 1. The van der Waals surface area contributed by atoms with E-state index in [9.17, 15) is 22.8 Å². The molecule has 0 heterocycles. The molecule has 0 saturated heterocycles. The smallest absolute Gasteiger partial charge is 0.221 e. The van der Waals surface area contributed by atoms with Gasteiger partial charge in [-0.25, -0.2) is 8.42 Å². The third-order valence-electron chi connectivity index (χ3n) is 5.18. The maximum Gasteiger partial charge on any atom is 0.221 e. The Bertz CT molecular complexity index is 1150. The number of anilines is 1. The molecule has 0 saturated carbocycles. The number of aryl methyl sites for hydroxylation is 1. The van der Waals surface area contributed by atoms with Gasteiger partial charge in [-0.1, -0.05) is 24.3 Å². The van der Waals surface area contributed by atoms with Gasteiger partial charge in [0.1, 0.15) is 15.6 Å². The predicted molar refractivity (Wildman–Crippen MR) is 113 cm³/mol. The lowest BCUT2D eigenvalue weighted by molar-refractivity contribution is -0.114. The van der Waals surface area contributed by atoms with Crippen LogP contribution < -0.4 is 10.1 Å². The minimum atomic E-state index is -3.51. The number of ketones is 2. The molecule has 1 aliphatic rings. The Kier molecular flexibility index (Phi) is 5.81. The molecule has 0 aliphatic heterocycles. The van der Waals surface area contributed by atoms with E-state index in [2.05, 4.69) is 5.32 Å². The summed E-state index contributed by atoms with van der Waals surface area (Å²) in [4.78, 5) is 38.1. The fourth-order valence-electron chi connectivity index (χ4n) is 3.97. The number of nitrogens with one attached hydrogen (secondary N) is 1. The zero-order valence-corrected chi connectivity index (χ0v) is 18.0. The molecule has 0 aromatic heterocycles. The van der Waals surface area contributed by atoms with E-state index in [1.807, 2.05) is 6.92 Å². The van der Waals surface area contributed by atoms with Crippen molar-refractivity contribution in [3.05, 3.63) is 58.7 Å². The highest BCUT2D eigenvalue weighted by Gasteiger charge is 2.46. The number of Topliss-reactive ketones (excluding diaryl/α,β-unsaturated/α-hetero) is 2. The second kappa shape index (κ2) is 8.02. The highest BCUT2D eigenvalue weighted by molar-refractivity contribution is 7.90. The zero-order valence-electron chi connectivity index (χ0n) is 17.2. The Labute approximate surface area is 175 Å². The molecule has 1 amide bonds. The van der Waals surface area contributed by atoms with Crippen molar-refractivity contribution < 1.29 is 27.5 Å². The lowest BCUT2D eigenvalue weighted by Gasteiger charge is -2.22. The molecule has 30 heavy (non-hydrogen) atoms.